The van der Waals surface area contributed by atoms with Gasteiger partial charge in [0.05, 0.1) is 11.4 Å². The van der Waals surface area contributed by atoms with Crippen LogP contribution in [0.2, 0.25) is 0 Å². The number of hydrogen-bond donors (Lipinski definition) is 0. The molecule has 0 saturated carbocycles. The van der Waals surface area contributed by atoms with Crippen LogP contribution in [0.1, 0.15) is 0 Å². The highest BCUT2D eigenvalue weighted by Gasteiger charge is 2.23. The molecule has 13 rings (SSSR count). The molecule has 4 heterocycles. The van der Waals surface area contributed by atoms with E-state index < -0.39 is 0 Å². The highest BCUT2D eigenvalue weighted by Crippen LogP contribution is 2.47. The molecule has 0 saturated heterocycles. The molecule has 4 aromatic heterocycles. The van der Waals surface area contributed by atoms with E-state index in [1.54, 1.807) is 0 Å². The quantitative estimate of drug-likeness (QED) is 0.167. The van der Waals surface area contributed by atoms with Gasteiger partial charge in [0.15, 0.2) is 5.82 Å². The summed E-state index contributed by atoms with van der Waals surface area (Å²) in [4.78, 5) is 10.7. The summed E-state index contributed by atoms with van der Waals surface area (Å²) in [6.07, 6.45) is 0. The van der Waals surface area contributed by atoms with Crippen molar-refractivity contribution in [2.24, 2.45) is 0 Å². The Morgan fingerprint density at radius 1 is 0.254 bits per heavy atom. The minimum atomic E-state index is 0.651. The first-order chi connectivity index (χ1) is 31.2. The second-order valence-corrected chi connectivity index (χ2v) is 16.1. The first kappa shape index (κ1) is 35.2. The molecule has 0 aliphatic heterocycles. The molecule has 5 heteroatoms. The third-order valence-electron chi connectivity index (χ3n) is 12.3. The number of aromatic nitrogens is 2. The SMILES string of the molecule is c1ccc(-c2cc(-c3c(-c4ccc5oc6ccccc6c5c4)cc(-c4ccc5oc6ccccc6c5c4)cc3-c3ccc4oc5ccccc5c4c3)nc(-c3ccccc3)n2)cc1. The van der Waals surface area contributed by atoms with Gasteiger partial charge in [0, 0.05) is 49.0 Å². The number of para-hydroxylation sites is 3. The third kappa shape index (κ3) is 5.86. The maximum Gasteiger partial charge on any atom is 0.160 e. The Bertz CT molecular complexity index is 3720. The van der Waals surface area contributed by atoms with Crippen molar-refractivity contribution in [3.05, 3.63) is 206 Å². The number of rotatable bonds is 6. The number of nitrogens with zero attached hydrogens (tertiary/aromatic N) is 2. The van der Waals surface area contributed by atoms with E-state index in [9.17, 15) is 0 Å². The van der Waals surface area contributed by atoms with Crippen molar-refractivity contribution in [1.29, 1.82) is 0 Å². The molecule has 0 spiro atoms. The van der Waals surface area contributed by atoms with Crippen LogP contribution < -0.4 is 0 Å². The fourth-order valence-electron chi connectivity index (χ4n) is 9.28. The van der Waals surface area contributed by atoms with Gasteiger partial charge < -0.3 is 13.3 Å². The first-order valence-electron chi connectivity index (χ1n) is 21.1. The van der Waals surface area contributed by atoms with Gasteiger partial charge in [-0.25, -0.2) is 9.97 Å². The fourth-order valence-corrected chi connectivity index (χ4v) is 9.28. The third-order valence-corrected chi connectivity index (χ3v) is 12.3. The number of furan rings is 3. The molecule has 0 amide bonds. The summed E-state index contributed by atoms with van der Waals surface area (Å²) in [6, 6.07) is 71.7. The maximum atomic E-state index is 6.37. The largest absolute Gasteiger partial charge is 0.456 e. The zero-order chi connectivity index (χ0) is 41.4. The molecule has 5 nitrogen and oxygen atoms in total. The van der Waals surface area contributed by atoms with Crippen LogP contribution in [0.15, 0.2) is 220 Å². The van der Waals surface area contributed by atoms with Crippen LogP contribution >= 0.6 is 0 Å². The highest BCUT2D eigenvalue weighted by molar-refractivity contribution is 6.11. The smallest absolute Gasteiger partial charge is 0.160 e. The molecule has 0 aliphatic rings. The van der Waals surface area contributed by atoms with Crippen LogP contribution in [-0.4, -0.2) is 9.97 Å². The summed E-state index contributed by atoms with van der Waals surface area (Å²) in [7, 11) is 0. The summed E-state index contributed by atoms with van der Waals surface area (Å²) < 4.78 is 19.1. The maximum absolute atomic E-state index is 6.37. The van der Waals surface area contributed by atoms with E-state index >= 15 is 0 Å². The summed E-state index contributed by atoms with van der Waals surface area (Å²) in [6.45, 7) is 0. The van der Waals surface area contributed by atoms with Crippen LogP contribution in [0.4, 0.5) is 0 Å². The Kier molecular flexibility index (Phi) is 7.84. The van der Waals surface area contributed by atoms with Crippen molar-refractivity contribution in [3.63, 3.8) is 0 Å². The Morgan fingerprint density at radius 2 is 0.651 bits per heavy atom. The van der Waals surface area contributed by atoms with Crippen LogP contribution in [0.5, 0.6) is 0 Å². The topological polar surface area (TPSA) is 65.2 Å². The number of hydrogen-bond acceptors (Lipinski definition) is 5. The minimum Gasteiger partial charge on any atom is -0.456 e. The predicted molar refractivity (Wildman–Crippen MR) is 256 cm³/mol. The lowest BCUT2D eigenvalue weighted by Crippen LogP contribution is -1.99. The van der Waals surface area contributed by atoms with E-state index in [-0.39, 0.29) is 0 Å². The molecule has 0 N–H and O–H groups in total. The summed E-state index contributed by atoms with van der Waals surface area (Å²) in [5, 5.41) is 6.41. The standard InChI is InChI=1S/C58H34N2O3/c1-3-13-35(14-4-1)49-34-50(60-58(59-49)36-15-5-2-6-16-36)57-44(38-24-27-55-47(30-38)42-18-8-11-21-52(42)62-55)32-40(37-23-26-54-46(29-37)41-17-7-10-20-51(41)61-54)33-45(57)39-25-28-56-48(31-39)43-19-9-12-22-53(43)63-56/h1-34H. The molecule has 0 atom stereocenters. The van der Waals surface area contributed by atoms with Crippen LogP contribution in [0.3, 0.4) is 0 Å². The molecular formula is C58H34N2O3. The zero-order valence-corrected chi connectivity index (χ0v) is 33.7. The van der Waals surface area contributed by atoms with Gasteiger partial charge in [-0.05, 0) is 106 Å². The monoisotopic (exact) mass is 806 g/mol. The van der Waals surface area contributed by atoms with E-state index in [0.29, 0.717) is 5.82 Å². The first-order valence-corrected chi connectivity index (χ1v) is 21.1. The van der Waals surface area contributed by atoms with Crippen LogP contribution in [-0.2, 0) is 0 Å². The minimum absolute atomic E-state index is 0.651. The number of fused-ring (bicyclic) bond motifs is 9. The van der Waals surface area contributed by atoms with E-state index in [0.717, 1.165) is 127 Å². The lowest BCUT2D eigenvalue weighted by molar-refractivity contribution is 0.668. The van der Waals surface area contributed by atoms with Crippen molar-refractivity contribution >= 4 is 65.8 Å². The molecule has 13 aromatic rings. The lowest BCUT2D eigenvalue weighted by Gasteiger charge is -2.20. The molecule has 0 aliphatic carbocycles. The van der Waals surface area contributed by atoms with Gasteiger partial charge in [0.25, 0.3) is 0 Å². The van der Waals surface area contributed by atoms with E-state index in [2.05, 4.69) is 146 Å². The summed E-state index contributed by atoms with van der Waals surface area (Å²) >= 11 is 0. The molecule has 63 heavy (non-hydrogen) atoms. The molecule has 294 valence electrons. The highest BCUT2D eigenvalue weighted by atomic mass is 16.3. The van der Waals surface area contributed by atoms with Crippen molar-refractivity contribution in [2.45, 2.75) is 0 Å². The molecule has 0 radical (unpaired) electrons. The van der Waals surface area contributed by atoms with E-state index in [4.69, 9.17) is 23.2 Å². The Labute approximate surface area is 361 Å². The zero-order valence-electron chi connectivity index (χ0n) is 33.7. The van der Waals surface area contributed by atoms with Gasteiger partial charge in [-0.15, -0.1) is 0 Å². The van der Waals surface area contributed by atoms with E-state index in [1.807, 2.05) is 60.7 Å². The van der Waals surface area contributed by atoms with Gasteiger partial charge >= 0.3 is 0 Å². The predicted octanol–water partition coefficient (Wildman–Crippen LogP) is 16.2. The van der Waals surface area contributed by atoms with Gasteiger partial charge in [0.1, 0.15) is 33.5 Å². The average molecular weight is 807 g/mol. The van der Waals surface area contributed by atoms with Gasteiger partial charge in [0.2, 0.25) is 0 Å². The second kappa shape index (κ2) is 14.0. The molecule has 0 bridgehead atoms. The normalized spacial score (nSPS) is 11.8. The van der Waals surface area contributed by atoms with Crippen molar-refractivity contribution in [1.82, 2.24) is 9.97 Å². The van der Waals surface area contributed by atoms with Crippen LogP contribution in [0, 0.1) is 0 Å². The second-order valence-electron chi connectivity index (χ2n) is 16.1. The Morgan fingerprint density at radius 3 is 1.16 bits per heavy atom. The average Bonchev–Trinajstić information content (AvgIpc) is 4.04. The summed E-state index contributed by atoms with van der Waals surface area (Å²) in [5.74, 6) is 0.651. The van der Waals surface area contributed by atoms with Gasteiger partial charge in [-0.3, -0.25) is 0 Å². The number of benzene rings is 9. The van der Waals surface area contributed by atoms with Gasteiger partial charge in [-0.2, -0.15) is 0 Å². The van der Waals surface area contributed by atoms with E-state index in [1.165, 1.54) is 0 Å². The molecule has 9 aromatic carbocycles. The fraction of sp³-hybridized carbons (Fsp3) is 0. The Balaban J connectivity index is 1.16. The van der Waals surface area contributed by atoms with Crippen molar-refractivity contribution in [3.8, 4) is 67.3 Å². The van der Waals surface area contributed by atoms with Gasteiger partial charge in [-0.1, -0.05) is 133 Å². The molecule has 0 fully saturated rings. The molecule has 0 unspecified atom stereocenters. The molecular weight excluding hydrogens is 773 g/mol. The van der Waals surface area contributed by atoms with Crippen molar-refractivity contribution < 1.29 is 13.3 Å². The van der Waals surface area contributed by atoms with Crippen LogP contribution in [0.25, 0.3) is 133 Å². The summed E-state index contributed by atoms with van der Waals surface area (Å²) in [5.41, 5.74) is 16.0. The Hall–Kier alpha value is -8.54. The lowest BCUT2D eigenvalue weighted by atomic mass is 9.85. The van der Waals surface area contributed by atoms with Crippen molar-refractivity contribution in [2.75, 3.05) is 0 Å².